The van der Waals surface area contributed by atoms with Gasteiger partial charge < -0.3 is 15.0 Å². The first kappa shape index (κ1) is 22.3. The largest absolute Gasteiger partial charge is 0.449 e. The summed E-state index contributed by atoms with van der Waals surface area (Å²) in [5, 5.41) is 3.71. The van der Waals surface area contributed by atoms with Gasteiger partial charge in [0, 0.05) is 22.9 Å². The SMILES string of the molecule is Cc1c(CSc2nc3ccccc3[nH]2)cccc1SCCOC(=O)NCc1ccccc1. The molecule has 1 amide bonds. The van der Waals surface area contributed by atoms with E-state index in [2.05, 4.69) is 40.4 Å². The normalized spacial score (nSPS) is 10.9. The molecule has 1 heterocycles. The Bertz CT molecular complexity index is 1150. The summed E-state index contributed by atoms with van der Waals surface area (Å²) in [7, 11) is 0. The van der Waals surface area contributed by atoms with Gasteiger partial charge in [0.05, 0.1) is 11.0 Å². The quantitative estimate of drug-likeness (QED) is 0.229. The van der Waals surface area contributed by atoms with E-state index in [-0.39, 0.29) is 6.09 Å². The molecule has 5 nitrogen and oxygen atoms in total. The lowest BCUT2D eigenvalue weighted by atomic mass is 10.1. The zero-order chi connectivity index (χ0) is 22.2. The summed E-state index contributed by atoms with van der Waals surface area (Å²) in [6.07, 6.45) is -0.387. The number of imidazole rings is 1. The van der Waals surface area contributed by atoms with Crippen LogP contribution in [0.25, 0.3) is 11.0 Å². The summed E-state index contributed by atoms with van der Waals surface area (Å²) < 4.78 is 5.30. The van der Waals surface area contributed by atoms with E-state index in [0.29, 0.717) is 18.9 Å². The van der Waals surface area contributed by atoms with E-state index in [1.165, 1.54) is 16.0 Å². The average molecular weight is 464 g/mol. The highest BCUT2D eigenvalue weighted by atomic mass is 32.2. The average Bonchev–Trinajstić information content (AvgIpc) is 3.24. The van der Waals surface area contributed by atoms with Crippen molar-refractivity contribution in [1.82, 2.24) is 15.3 Å². The smallest absolute Gasteiger partial charge is 0.407 e. The van der Waals surface area contributed by atoms with Crippen molar-refractivity contribution in [2.45, 2.75) is 29.3 Å². The molecule has 0 aliphatic carbocycles. The summed E-state index contributed by atoms with van der Waals surface area (Å²) in [6.45, 7) is 2.98. The number of alkyl carbamates (subject to hydrolysis) is 1. The number of thioether (sulfide) groups is 2. The number of rotatable bonds is 9. The van der Waals surface area contributed by atoms with Gasteiger partial charge >= 0.3 is 6.09 Å². The molecule has 0 radical (unpaired) electrons. The number of para-hydroxylation sites is 2. The number of aromatic amines is 1. The number of H-pyrrole nitrogens is 1. The number of carbonyl (C=O) groups excluding carboxylic acids is 1. The molecule has 4 aromatic rings. The van der Waals surface area contributed by atoms with Gasteiger partial charge in [-0.1, -0.05) is 66.4 Å². The molecule has 7 heteroatoms. The van der Waals surface area contributed by atoms with E-state index < -0.39 is 0 Å². The second kappa shape index (κ2) is 11.1. The van der Waals surface area contributed by atoms with E-state index in [1.807, 2.05) is 54.6 Å². The van der Waals surface area contributed by atoms with Crippen molar-refractivity contribution in [3.05, 3.63) is 89.5 Å². The Labute approximate surface area is 196 Å². The minimum absolute atomic E-state index is 0.364. The van der Waals surface area contributed by atoms with Crippen LogP contribution in [0, 0.1) is 6.92 Å². The first-order chi connectivity index (χ1) is 15.7. The van der Waals surface area contributed by atoms with Gasteiger partial charge in [-0.25, -0.2) is 9.78 Å². The molecule has 4 rings (SSSR count). The van der Waals surface area contributed by atoms with Gasteiger partial charge in [-0.05, 0) is 41.8 Å². The lowest BCUT2D eigenvalue weighted by molar-refractivity contribution is 0.152. The summed E-state index contributed by atoms with van der Waals surface area (Å²) in [6, 6.07) is 24.2. The first-order valence-corrected chi connectivity index (χ1v) is 12.4. The molecule has 0 spiro atoms. The molecule has 164 valence electrons. The molecule has 0 saturated carbocycles. The highest BCUT2D eigenvalue weighted by Gasteiger charge is 2.08. The number of hydrogen-bond acceptors (Lipinski definition) is 5. The van der Waals surface area contributed by atoms with Crippen LogP contribution in [0.4, 0.5) is 4.79 Å². The second-order valence-electron chi connectivity index (χ2n) is 7.21. The van der Waals surface area contributed by atoms with Gasteiger partial charge in [-0.15, -0.1) is 11.8 Å². The van der Waals surface area contributed by atoms with Crippen LogP contribution in [0.3, 0.4) is 0 Å². The monoisotopic (exact) mass is 463 g/mol. The number of benzene rings is 3. The Balaban J connectivity index is 1.23. The lowest BCUT2D eigenvalue weighted by Crippen LogP contribution is -2.24. The standard InChI is InChI=1S/C25H25N3O2S2/c1-18-20(17-32-24-27-21-11-5-6-12-22(21)28-24)10-7-13-23(18)31-15-14-30-25(29)26-16-19-8-3-2-4-9-19/h2-13H,14-17H2,1H3,(H,26,29)(H,27,28). The van der Waals surface area contributed by atoms with Gasteiger partial charge in [0.2, 0.25) is 0 Å². The van der Waals surface area contributed by atoms with Crippen LogP contribution in [0.2, 0.25) is 0 Å². The van der Waals surface area contributed by atoms with Gasteiger partial charge in [0.1, 0.15) is 6.61 Å². The highest BCUT2D eigenvalue weighted by Crippen LogP contribution is 2.29. The molecule has 3 aromatic carbocycles. The van der Waals surface area contributed by atoms with E-state index in [9.17, 15) is 4.79 Å². The van der Waals surface area contributed by atoms with Crippen molar-refractivity contribution in [1.29, 1.82) is 0 Å². The Morgan fingerprint density at radius 2 is 1.81 bits per heavy atom. The number of hydrogen-bond donors (Lipinski definition) is 2. The third-order valence-corrected chi connectivity index (χ3v) is 7.03. The summed E-state index contributed by atoms with van der Waals surface area (Å²) >= 11 is 3.41. The van der Waals surface area contributed by atoms with Crippen LogP contribution in [0.15, 0.2) is 82.8 Å². The lowest BCUT2D eigenvalue weighted by Gasteiger charge is -2.11. The molecule has 0 fully saturated rings. The topological polar surface area (TPSA) is 67.0 Å². The van der Waals surface area contributed by atoms with Crippen LogP contribution >= 0.6 is 23.5 Å². The summed E-state index contributed by atoms with van der Waals surface area (Å²) in [5.41, 5.74) is 5.64. The van der Waals surface area contributed by atoms with Gasteiger partial charge in [-0.3, -0.25) is 0 Å². The number of nitrogens with one attached hydrogen (secondary N) is 2. The zero-order valence-corrected chi connectivity index (χ0v) is 19.5. The Kier molecular flexibility index (Phi) is 7.74. The number of ether oxygens (including phenoxy) is 1. The van der Waals surface area contributed by atoms with Gasteiger partial charge in [-0.2, -0.15) is 0 Å². The van der Waals surface area contributed by atoms with E-state index >= 15 is 0 Å². The fourth-order valence-corrected chi connectivity index (χ4v) is 5.08. The minimum atomic E-state index is -0.387. The molecular formula is C25H25N3O2S2. The molecule has 0 aliphatic rings. The Morgan fingerprint density at radius 1 is 1.00 bits per heavy atom. The molecule has 0 atom stereocenters. The third-order valence-electron chi connectivity index (χ3n) is 4.98. The molecule has 0 bridgehead atoms. The predicted octanol–water partition coefficient (Wildman–Crippen LogP) is 6.18. The molecule has 0 unspecified atom stereocenters. The van der Waals surface area contributed by atoms with E-state index in [0.717, 1.165) is 27.5 Å². The van der Waals surface area contributed by atoms with E-state index in [4.69, 9.17) is 4.74 Å². The second-order valence-corrected chi connectivity index (χ2v) is 9.31. The maximum Gasteiger partial charge on any atom is 0.407 e. The number of nitrogens with zero attached hydrogens (tertiary/aromatic N) is 1. The van der Waals surface area contributed by atoms with E-state index in [1.54, 1.807) is 23.5 Å². The predicted molar refractivity (Wildman–Crippen MR) is 132 cm³/mol. The minimum Gasteiger partial charge on any atom is -0.449 e. The van der Waals surface area contributed by atoms with Crippen molar-refractivity contribution in [3.63, 3.8) is 0 Å². The summed E-state index contributed by atoms with van der Waals surface area (Å²) in [4.78, 5) is 21.1. The Morgan fingerprint density at radius 3 is 2.66 bits per heavy atom. The molecule has 0 saturated heterocycles. The third kappa shape index (κ3) is 6.08. The zero-order valence-electron chi connectivity index (χ0n) is 17.8. The van der Waals surface area contributed by atoms with Crippen LogP contribution < -0.4 is 5.32 Å². The number of amides is 1. The highest BCUT2D eigenvalue weighted by molar-refractivity contribution is 7.99. The molecule has 2 N–H and O–H groups in total. The fourth-order valence-electron chi connectivity index (χ4n) is 3.22. The van der Waals surface area contributed by atoms with Crippen LogP contribution in [-0.2, 0) is 17.0 Å². The molecule has 1 aromatic heterocycles. The van der Waals surface area contributed by atoms with Gasteiger partial charge in [0.25, 0.3) is 0 Å². The van der Waals surface area contributed by atoms with Crippen LogP contribution in [-0.4, -0.2) is 28.4 Å². The molecular weight excluding hydrogens is 438 g/mol. The maximum absolute atomic E-state index is 11.9. The Hall–Kier alpha value is -2.90. The van der Waals surface area contributed by atoms with Crippen molar-refractivity contribution in [3.8, 4) is 0 Å². The maximum atomic E-state index is 11.9. The number of aromatic nitrogens is 2. The van der Waals surface area contributed by atoms with Crippen LogP contribution in [0.5, 0.6) is 0 Å². The van der Waals surface area contributed by atoms with Crippen molar-refractivity contribution in [2.75, 3.05) is 12.4 Å². The fraction of sp³-hybridized carbons (Fsp3) is 0.200. The summed E-state index contributed by atoms with van der Waals surface area (Å²) in [5.74, 6) is 1.55. The first-order valence-electron chi connectivity index (χ1n) is 10.4. The molecule has 0 aliphatic heterocycles. The number of fused-ring (bicyclic) bond motifs is 1. The van der Waals surface area contributed by atoms with Crippen LogP contribution in [0.1, 0.15) is 16.7 Å². The molecule has 32 heavy (non-hydrogen) atoms. The number of carbonyl (C=O) groups is 1. The van der Waals surface area contributed by atoms with Crippen molar-refractivity contribution in [2.24, 2.45) is 0 Å². The van der Waals surface area contributed by atoms with Gasteiger partial charge in [0.15, 0.2) is 5.16 Å². The van der Waals surface area contributed by atoms with Crippen molar-refractivity contribution >= 4 is 40.7 Å². The van der Waals surface area contributed by atoms with Crippen molar-refractivity contribution < 1.29 is 9.53 Å².